The van der Waals surface area contributed by atoms with Crippen LogP contribution in [0.4, 0.5) is 0 Å². The lowest BCUT2D eigenvalue weighted by Gasteiger charge is -2.25. The number of nitrogens with two attached hydrogens (primary N) is 2. The minimum Gasteiger partial charge on any atom is -0.369 e. The topological polar surface area (TPSA) is 98.2 Å². The summed E-state index contributed by atoms with van der Waals surface area (Å²) in [6, 6.07) is -0.480. The fourth-order valence-corrected chi connectivity index (χ4v) is 2.42. The monoisotopic (exact) mass is 269 g/mol. The van der Waals surface area contributed by atoms with Crippen LogP contribution in [-0.4, -0.2) is 24.4 Å². The highest BCUT2D eigenvalue weighted by Crippen LogP contribution is 2.27. The van der Waals surface area contributed by atoms with Crippen molar-refractivity contribution in [2.45, 2.75) is 58.4 Å². The number of primary amides is 1. The first kappa shape index (κ1) is 16.0. The highest BCUT2D eigenvalue weighted by atomic mass is 16.2. The molecule has 1 atom stereocenters. The Bertz CT molecular complexity index is 323. The second-order valence-electron chi connectivity index (χ2n) is 6.31. The van der Waals surface area contributed by atoms with Gasteiger partial charge in [0.1, 0.15) is 0 Å². The van der Waals surface area contributed by atoms with Gasteiger partial charge in [-0.25, -0.2) is 0 Å². The molecule has 5 N–H and O–H groups in total. The Morgan fingerprint density at radius 3 is 2.37 bits per heavy atom. The van der Waals surface area contributed by atoms with E-state index in [0.717, 1.165) is 6.42 Å². The molecule has 0 bridgehead atoms. The van der Waals surface area contributed by atoms with Gasteiger partial charge in [0.15, 0.2) is 0 Å². The lowest BCUT2D eigenvalue weighted by Crippen LogP contribution is -2.48. The van der Waals surface area contributed by atoms with Crippen molar-refractivity contribution in [2.75, 3.05) is 6.54 Å². The fraction of sp³-hybridized carbons (Fsp3) is 0.857. The summed E-state index contributed by atoms with van der Waals surface area (Å²) in [4.78, 5) is 23.1. The number of hydrogen-bond acceptors (Lipinski definition) is 3. The molecule has 0 spiro atoms. The van der Waals surface area contributed by atoms with Crippen LogP contribution >= 0.6 is 0 Å². The molecule has 1 rings (SSSR count). The van der Waals surface area contributed by atoms with Crippen molar-refractivity contribution in [1.82, 2.24) is 5.32 Å². The molecule has 5 nitrogen and oxygen atoms in total. The maximum atomic E-state index is 11.9. The van der Waals surface area contributed by atoms with Gasteiger partial charge in [0.05, 0.1) is 11.5 Å². The Hall–Kier alpha value is -1.10. The van der Waals surface area contributed by atoms with Crippen molar-refractivity contribution < 1.29 is 9.59 Å². The van der Waals surface area contributed by atoms with Crippen LogP contribution in [0.25, 0.3) is 0 Å². The zero-order valence-corrected chi connectivity index (χ0v) is 12.1. The van der Waals surface area contributed by atoms with Crippen molar-refractivity contribution >= 4 is 11.8 Å². The summed E-state index contributed by atoms with van der Waals surface area (Å²) >= 11 is 0. The molecule has 1 aliphatic carbocycles. The summed E-state index contributed by atoms with van der Waals surface area (Å²) in [5, 5.41) is 2.73. The van der Waals surface area contributed by atoms with Crippen LogP contribution in [0.15, 0.2) is 0 Å². The Labute approximate surface area is 115 Å². The SMILES string of the molecule is CC(C)(CNC(=O)C(N)CC1CCCCC1)C(N)=O. The van der Waals surface area contributed by atoms with E-state index in [1.54, 1.807) is 13.8 Å². The molecular weight excluding hydrogens is 242 g/mol. The van der Waals surface area contributed by atoms with E-state index in [4.69, 9.17) is 11.5 Å². The third-order valence-electron chi connectivity index (χ3n) is 4.02. The fourth-order valence-electron chi connectivity index (χ4n) is 2.42. The van der Waals surface area contributed by atoms with Crippen molar-refractivity contribution in [3.05, 3.63) is 0 Å². The summed E-state index contributed by atoms with van der Waals surface area (Å²) < 4.78 is 0. The van der Waals surface area contributed by atoms with Gasteiger partial charge in [0, 0.05) is 6.54 Å². The maximum Gasteiger partial charge on any atom is 0.236 e. The average Bonchev–Trinajstić information content (AvgIpc) is 2.37. The molecule has 1 saturated carbocycles. The molecule has 2 amide bonds. The molecule has 0 saturated heterocycles. The van der Waals surface area contributed by atoms with Gasteiger partial charge in [-0.05, 0) is 26.2 Å². The molecule has 1 fully saturated rings. The number of nitrogens with one attached hydrogen (secondary N) is 1. The van der Waals surface area contributed by atoms with Gasteiger partial charge >= 0.3 is 0 Å². The zero-order valence-electron chi connectivity index (χ0n) is 12.1. The number of carbonyl (C=O) groups excluding carboxylic acids is 2. The van der Waals surface area contributed by atoms with Crippen LogP contribution in [-0.2, 0) is 9.59 Å². The molecule has 0 aliphatic heterocycles. The molecule has 0 aromatic heterocycles. The van der Waals surface area contributed by atoms with Crippen molar-refractivity contribution in [2.24, 2.45) is 22.8 Å². The molecule has 0 radical (unpaired) electrons. The van der Waals surface area contributed by atoms with E-state index in [0.29, 0.717) is 5.92 Å². The van der Waals surface area contributed by atoms with Crippen LogP contribution in [0, 0.1) is 11.3 Å². The molecule has 1 unspecified atom stereocenters. The van der Waals surface area contributed by atoms with E-state index < -0.39 is 17.4 Å². The van der Waals surface area contributed by atoms with Gasteiger partial charge in [-0.15, -0.1) is 0 Å². The highest BCUT2D eigenvalue weighted by Gasteiger charge is 2.27. The molecule has 0 aromatic rings. The molecule has 110 valence electrons. The van der Waals surface area contributed by atoms with E-state index in [1.807, 2.05) is 0 Å². The van der Waals surface area contributed by atoms with Gasteiger partial charge in [-0.2, -0.15) is 0 Å². The largest absolute Gasteiger partial charge is 0.369 e. The van der Waals surface area contributed by atoms with E-state index >= 15 is 0 Å². The molecule has 1 aliphatic rings. The van der Waals surface area contributed by atoms with Gasteiger partial charge in [0.2, 0.25) is 11.8 Å². The van der Waals surface area contributed by atoms with Gasteiger partial charge in [0.25, 0.3) is 0 Å². The van der Waals surface area contributed by atoms with Crippen LogP contribution in [0.2, 0.25) is 0 Å². The van der Waals surface area contributed by atoms with Crippen LogP contribution in [0.3, 0.4) is 0 Å². The molecule has 5 heteroatoms. The number of amides is 2. The van der Waals surface area contributed by atoms with Crippen molar-refractivity contribution in [3.8, 4) is 0 Å². The third-order valence-corrected chi connectivity index (χ3v) is 4.02. The van der Waals surface area contributed by atoms with Gasteiger partial charge < -0.3 is 16.8 Å². The predicted octanol–water partition coefficient (Wildman–Crippen LogP) is 0.912. The van der Waals surface area contributed by atoms with Crippen LogP contribution < -0.4 is 16.8 Å². The number of hydrogen-bond donors (Lipinski definition) is 3. The Morgan fingerprint density at radius 2 is 1.84 bits per heavy atom. The standard InChI is InChI=1S/C14H27N3O2/c1-14(2,13(16)19)9-17-12(18)11(15)8-10-6-4-3-5-7-10/h10-11H,3-9,15H2,1-2H3,(H2,16,19)(H,17,18). The number of carbonyl (C=O) groups is 2. The Kier molecular flexibility index (Phi) is 5.79. The summed E-state index contributed by atoms with van der Waals surface area (Å²) in [7, 11) is 0. The smallest absolute Gasteiger partial charge is 0.236 e. The third kappa shape index (κ3) is 5.19. The zero-order chi connectivity index (χ0) is 14.5. The minimum absolute atomic E-state index is 0.181. The number of rotatable bonds is 6. The normalized spacial score (nSPS) is 18.9. The Balaban J connectivity index is 2.34. The second-order valence-corrected chi connectivity index (χ2v) is 6.31. The maximum absolute atomic E-state index is 11.9. The summed E-state index contributed by atoms with van der Waals surface area (Å²) in [6.07, 6.45) is 6.87. The van der Waals surface area contributed by atoms with Gasteiger partial charge in [-0.3, -0.25) is 9.59 Å². The van der Waals surface area contributed by atoms with E-state index in [2.05, 4.69) is 5.32 Å². The summed E-state index contributed by atoms with van der Waals surface area (Å²) in [6.45, 7) is 3.66. The minimum atomic E-state index is -0.736. The molecule has 0 heterocycles. The second kappa shape index (κ2) is 6.89. The van der Waals surface area contributed by atoms with Crippen LogP contribution in [0.5, 0.6) is 0 Å². The van der Waals surface area contributed by atoms with Gasteiger partial charge in [-0.1, -0.05) is 32.1 Å². The molecule has 0 aromatic carbocycles. The van der Waals surface area contributed by atoms with Crippen molar-refractivity contribution in [3.63, 3.8) is 0 Å². The first-order valence-electron chi connectivity index (χ1n) is 7.16. The van der Waals surface area contributed by atoms with Crippen LogP contribution in [0.1, 0.15) is 52.4 Å². The summed E-state index contributed by atoms with van der Waals surface area (Å²) in [5.41, 5.74) is 10.4. The highest BCUT2D eigenvalue weighted by molar-refractivity contribution is 5.84. The first-order chi connectivity index (χ1) is 8.83. The molecule has 19 heavy (non-hydrogen) atoms. The lowest BCUT2D eigenvalue weighted by atomic mass is 9.84. The lowest BCUT2D eigenvalue weighted by molar-refractivity contribution is -0.127. The van der Waals surface area contributed by atoms with Crippen molar-refractivity contribution in [1.29, 1.82) is 0 Å². The predicted molar refractivity (Wildman–Crippen MR) is 75.2 cm³/mol. The average molecular weight is 269 g/mol. The first-order valence-corrected chi connectivity index (χ1v) is 7.16. The van der Waals surface area contributed by atoms with E-state index in [9.17, 15) is 9.59 Å². The Morgan fingerprint density at radius 1 is 1.26 bits per heavy atom. The summed E-state index contributed by atoms with van der Waals surface area (Å²) in [5.74, 6) is -0.0350. The molecular formula is C14H27N3O2. The van der Waals surface area contributed by atoms with E-state index in [1.165, 1.54) is 32.1 Å². The quantitative estimate of drug-likeness (QED) is 0.668. The van der Waals surface area contributed by atoms with E-state index in [-0.39, 0.29) is 12.5 Å².